The van der Waals surface area contributed by atoms with E-state index in [2.05, 4.69) is 37.3 Å². The fourth-order valence-electron chi connectivity index (χ4n) is 6.53. The number of esters is 1. The molecular formula is C29H34N2O4. The molecule has 3 heterocycles. The Kier molecular flexibility index (Phi) is 6.63. The minimum absolute atomic E-state index is 0.00654. The monoisotopic (exact) mass is 474 g/mol. The molecule has 1 amide bonds. The van der Waals surface area contributed by atoms with Gasteiger partial charge in [0.25, 0.3) is 0 Å². The van der Waals surface area contributed by atoms with Gasteiger partial charge in [-0.05, 0) is 75.1 Å². The van der Waals surface area contributed by atoms with Gasteiger partial charge >= 0.3 is 12.1 Å². The number of ether oxygens (including phenoxy) is 2. The van der Waals surface area contributed by atoms with Crippen LogP contribution in [-0.4, -0.2) is 47.2 Å². The molecule has 2 aliphatic heterocycles. The molecule has 0 N–H and O–H groups in total. The molecule has 1 aromatic carbocycles. The van der Waals surface area contributed by atoms with Crippen LogP contribution in [0, 0.1) is 30.6 Å². The third-order valence-electron chi connectivity index (χ3n) is 8.11. The Hall–Kier alpha value is -3.15. The second-order valence-corrected chi connectivity index (χ2v) is 10.1. The van der Waals surface area contributed by atoms with Crippen LogP contribution < -0.4 is 0 Å². The number of benzene rings is 1. The van der Waals surface area contributed by atoms with E-state index in [4.69, 9.17) is 14.5 Å². The number of cyclic esters (lactones) is 1. The number of amides is 1. The number of carbonyl (C=O) groups excluding carboxylic acids is 2. The number of nitrogens with zero attached hydrogens (tertiary/aromatic N) is 2. The Morgan fingerprint density at radius 1 is 1.26 bits per heavy atom. The molecule has 0 bridgehead atoms. The first-order valence-corrected chi connectivity index (χ1v) is 12.8. The van der Waals surface area contributed by atoms with E-state index >= 15 is 0 Å². The molecule has 1 saturated carbocycles. The fourth-order valence-corrected chi connectivity index (χ4v) is 6.53. The van der Waals surface area contributed by atoms with E-state index in [9.17, 15) is 9.59 Å². The van der Waals surface area contributed by atoms with Crippen LogP contribution in [0.3, 0.4) is 0 Å². The molecule has 184 valence electrons. The summed E-state index contributed by atoms with van der Waals surface area (Å²) < 4.78 is 11.0. The van der Waals surface area contributed by atoms with Gasteiger partial charge < -0.3 is 14.4 Å². The van der Waals surface area contributed by atoms with Crippen molar-refractivity contribution in [3.63, 3.8) is 0 Å². The van der Waals surface area contributed by atoms with Crippen LogP contribution in [0.2, 0.25) is 0 Å². The largest absolute Gasteiger partial charge is 0.462 e. The minimum atomic E-state index is -0.267. The SMILES string of the molecule is CCOC(=O)N1CCC[C@H]2[C@H](/C=C/c3ccc(-c4ccccc4C)cn3)[C@@H]3[C@@H](C)OC(=O)[C@@H]3C[C@@H]21. The lowest BCUT2D eigenvalue weighted by Crippen LogP contribution is -2.56. The molecule has 0 radical (unpaired) electrons. The number of rotatable bonds is 4. The van der Waals surface area contributed by atoms with Gasteiger partial charge in [0, 0.05) is 30.3 Å². The molecule has 3 fully saturated rings. The van der Waals surface area contributed by atoms with Gasteiger partial charge in [0.15, 0.2) is 0 Å². The Morgan fingerprint density at radius 2 is 2.09 bits per heavy atom. The van der Waals surface area contributed by atoms with Crippen LogP contribution in [0.1, 0.15) is 44.4 Å². The van der Waals surface area contributed by atoms with Crippen LogP contribution in [0.25, 0.3) is 17.2 Å². The highest BCUT2D eigenvalue weighted by molar-refractivity contribution is 5.76. The molecule has 2 saturated heterocycles. The second kappa shape index (κ2) is 9.84. The van der Waals surface area contributed by atoms with Gasteiger partial charge in [-0.25, -0.2) is 4.79 Å². The van der Waals surface area contributed by atoms with Crippen LogP contribution >= 0.6 is 0 Å². The van der Waals surface area contributed by atoms with Crippen molar-refractivity contribution >= 4 is 18.1 Å². The average molecular weight is 475 g/mol. The number of likely N-dealkylation sites (tertiary alicyclic amines) is 1. The number of aryl methyl sites for hydroxylation is 1. The van der Waals surface area contributed by atoms with E-state index in [-0.39, 0.29) is 47.9 Å². The molecule has 1 aliphatic carbocycles. The predicted molar refractivity (Wildman–Crippen MR) is 134 cm³/mol. The van der Waals surface area contributed by atoms with Crippen molar-refractivity contribution in [1.82, 2.24) is 9.88 Å². The summed E-state index contributed by atoms with van der Waals surface area (Å²) in [5, 5.41) is 0. The standard InChI is InChI=1S/C29H34N2O4/c1-4-34-29(33)31-15-7-10-23-24(27-19(3)35-28(32)25(27)16-26(23)31)14-13-21-12-11-20(17-30-21)22-9-6-5-8-18(22)2/h5-6,8-9,11-14,17,19,23-27H,4,7,10,15-16H2,1-3H3/b14-13+/t19-,23+,24+,25-,26+,27+/m1/s1. The summed E-state index contributed by atoms with van der Waals surface area (Å²) >= 11 is 0. The van der Waals surface area contributed by atoms with E-state index < -0.39 is 0 Å². The Balaban J connectivity index is 1.42. The number of allylic oxidation sites excluding steroid dienone is 1. The van der Waals surface area contributed by atoms with Gasteiger partial charge in [-0.2, -0.15) is 0 Å². The van der Waals surface area contributed by atoms with Crippen molar-refractivity contribution in [3.05, 3.63) is 59.9 Å². The first-order chi connectivity index (χ1) is 17.0. The molecule has 1 aromatic heterocycles. The summed E-state index contributed by atoms with van der Waals surface area (Å²) in [7, 11) is 0. The normalized spacial score (nSPS) is 30.0. The number of hydrogen-bond donors (Lipinski definition) is 0. The smallest absolute Gasteiger partial charge is 0.410 e. The molecule has 35 heavy (non-hydrogen) atoms. The summed E-state index contributed by atoms with van der Waals surface area (Å²) in [4.78, 5) is 32.0. The minimum Gasteiger partial charge on any atom is -0.462 e. The van der Waals surface area contributed by atoms with Gasteiger partial charge in [0.2, 0.25) is 0 Å². The van der Waals surface area contributed by atoms with E-state index in [1.165, 1.54) is 11.1 Å². The Morgan fingerprint density at radius 3 is 2.83 bits per heavy atom. The van der Waals surface area contributed by atoms with E-state index in [0.29, 0.717) is 19.6 Å². The summed E-state index contributed by atoms with van der Waals surface area (Å²) in [5.74, 6) is 0.208. The van der Waals surface area contributed by atoms with Crippen molar-refractivity contribution in [2.75, 3.05) is 13.2 Å². The number of piperidine rings is 1. The summed E-state index contributed by atoms with van der Waals surface area (Å²) in [6, 6.07) is 12.4. The maximum absolute atomic E-state index is 12.7. The lowest BCUT2D eigenvalue weighted by molar-refractivity contribution is -0.144. The van der Waals surface area contributed by atoms with Gasteiger partial charge in [-0.3, -0.25) is 9.78 Å². The van der Waals surface area contributed by atoms with Gasteiger partial charge in [-0.1, -0.05) is 36.4 Å². The van der Waals surface area contributed by atoms with E-state index in [0.717, 1.165) is 24.1 Å². The first-order valence-electron chi connectivity index (χ1n) is 12.8. The zero-order valence-electron chi connectivity index (χ0n) is 20.7. The molecule has 2 aromatic rings. The zero-order chi connectivity index (χ0) is 24.5. The highest BCUT2D eigenvalue weighted by atomic mass is 16.6. The van der Waals surface area contributed by atoms with Crippen LogP contribution in [0.4, 0.5) is 4.79 Å². The average Bonchev–Trinajstić information content (AvgIpc) is 3.15. The number of hydrogen-bond acceptors (Lipinski definition) is 5. The van der Waals surface area contributed by atoms with Crippen molar-refractivity contribution in [2.45, 2.75) is 52.2 Å². The molecule has 6 atom stereocenters. The van der Waals surface area contributed by atoms with Crippen molar-refractivity contribution in [3.8, 4) is 11.1 Å². The van der Waals surface area contributed by atoms with Gasteiger partial charge in [0.05, 0.1) is 18.2 Å². The quantitative estimate of drug-likeness (QED) is 0.547. The van der Waals surface area contributed by atoms with Gasteiger partial charge in [0.1, 0.15) is 6.10 Å². The topological polar surface area (TPSA) is 68.7 Å². The fraction of sp³-hybridized carbons (Fsp3) is 0.483. The highest BCUT2D eigenvalue weighted by Gasteiger charge is 2.56. The summed E-state index contributed by atoms with van der Waals surface area (Å²) in [5.41, 5.74) is 4.39. The molecule has 6 nitrogen and oxygen atoms in total. The molecular weight excluding hydrogens is 440 g/mol. The van der Waals surface area contributed by atoms with Crippen LogP contribution in [0.5, 0.6) is 0 Å². The number of fused-ring (bicyclic) bond motifs is 2. The lowest BCUT2D eigenvalue weighted by atomic mass is 9.61. The first kappa shape index (κ1) is 23.6. The van der Waals surface area contributed by atoms with Gasteiger partial charge in [-0.15, -0.1) is 0 Å². The summed E-state index contributed by atoms with van der Waals surface area (Å²) in [6.07, 6.45) is 8.44. The van der Waals surface area contributed by atoms with Crippen LogP contribution in [0.15, 0.2) is 48.7 Å². The third kappa shape index (κ3) is 4.46. The molecule has 5 rings (SSSR count). The maximum Gasteiger partial charge on any atom is 0.410 e. The van der Waals surface area contributed by atoms with E-state index in [1.807, 2.05) is 43.1 Å². The second-order valence-electron chi connectivity index (χ2n) is 10.1. The number of pyridine rings is 1. The van der Waals surface area contributed by atoms with Crippen LogP contribution in [-0.2, 0) is 14.3 Å². The molecule has 0 unspecified atom stereocenters. The van der Waals surface area contributed by atoms with Crippen molar-refractivity contribution < 1.29 is 19.1 Å². The highest BCUT2D eigenvalue weighted by Crippen LogP contribution is 2.51. The molecule has 0 spiro atoms. The maximum atomic E-state index is 12.7. The number of carbonyl (C=O) groups is 2. The summed E-state index contributed by atoms with van der Waals surface area (Å²) in [6.45, 7) is 6.97. The zero-order valence-corrected chi connectivity index (χ0v) is 20.7. The lowest BCUT2D eigenvalue weighted by Gasteiger charge is -2.50. The third-order valence-corrected chi connectivity index (χ3v) is 8.11. The van der Waals surface area contributed by atoms with Crippen molar-refractivity contribution in [2.24, 2.45) is 23.7 Å². The predicted octanol–water partition coefficient (Wildman–Crippen LogP) is 5.50. The Bertz CT molecular complexity index is 1110. The molecule has 3 aliphatic rings. The van der Waals surface area contributed by atoms with E-state index in [1.54, 1.807) is 0 Å². The van der Waals surface area contributed by atoms with Crippen molar-refractivity contribution in [1.29, 1.82) is 0 Å². The molecule has 6 heteroatoms. The number of aromatic nitrogens is 1. The Labute approximate surface area is 207 Å².